The molecule has 0 aliphatic heterocycles. The van der Waals surface area contributed by atoms with Gasteiger partial charge in [-0.15, -0.1) is 11.3 Å². The molecule has 3 nitrogen and oxygen atoms in total. The number of aromatic nitrogens is 1. The topological polar surface area (TPSA) is 62.7 Å². The van der Waals surface area contributed by atoms with Gasteiger partial charge in [-0.2, -0.15) is 5.26 Å². The number of benzene rings is 2. The first-order chi connectivity index (χ1) is 9.78. The number of thiazole rings is 1. The van der Waals surface area contributed by atoms with Gasteiger partial charge < -0.3 is 5.73 Å². The number of hydrogen-bond acceptors (Lipinski definition) is 4. The van der Waals surface area contributed by atoms with Gasteiger partial charge in [-0.1, -0.05) is 24.3 Å². The van der Waals surface area contributed by atoms with E-state index in [1.807, 2.05) is 47.8 Å². The Balaban J connectivity index is 2.02. The number of nitrogens with zero attached hydrogens (tertiary/aromatic N) is 2. The van der Waals surface area contributed by atoms with Crippen molar-refractivity contribution < 1.29 is 0 Å². The minimum absolute atomic E-state index is 0.635. The van der Waals surface area contributed by atoms with Crippen LogP contribution >= 0.6 is 11.3 Å². The van der Waals surface area contributed by atoms with E-state index in [9.17, 15) is 0 Å². The second-order valence-electron chi connectivity index (χ2n) is 4.32. The SMILES string of the molecule is N#Cc1cccc(-c2csc(-c3ccccc3N)n2)c1. The molecule has 2 aromatic carbocycles. The zero-order valence-corrected chi connectivity index (χ0v) is 11.4. The highest BCUT2D eigenvalue weighted by molar-refractivity contribution is 7.13. The van der Waals surface area contributed by atoms with Crippen molar-refractivity contribution in [3.63, 3.8) is 0 Å². The van der Waals surface area contributed by atoms with Crippen LogP contribution < -0.4 is 5.73 Å². The average Bonchev–Trinajstić information content (AvgIpc) is 2.97. The molecule has 0 unspecified atom stereocenters. The van der Waals surface area contributed by atoms with Gasteiger partial charge in [0.25, 0.3) is 0 Å². The number of hydrogen-bond donors (Lipinski definition) is 1. The maximum atomic E-state index is 8.94. The predicted octanol–water partition coefficient (Wildman–Crippen LogP) is 3.93. The van der Waals surface area contributed by atoms with Crippen molar-refractivity contribution in [2.75, 3.05) is 5.73 Å². The fraction of sp³-hybridized carbons (Fsp3) is 0. The third-order valence-electron chi connectivity index (χ3n) is 2.98. The summed E-state index contributed by atoms with van der Waals surface area (Å²) in [6.45, 7) is 0. The van der Waals surface area contributed by atoms with Crippen LogP contribution in [0.25, 0.3) is 21.8 Å². The molecule has 2 N–H and O–H groups in total. The van der Waals surface area contributed by atoms with Crippen molar-refractivity contribution in [1.82, 2.24) is 4.98 Å². The highest BCUT2D eigenvalue weighted by Crippen LogP contribution is 2.32. The van der Waals surface area contributed by atoms with Gasteiger partial charge in [0.2, 0.25) is 0 Å². The van der Waals surface area contributed by atoms with Gasteiger partial charge >= 0.3 is 0 Å². The van der Waals surface area contributed by atoms with Crippen LogP contribution in [0.1, 0.15) is 5.56 Å². The number of nitriles is 1. The maximum absolute atomic E-state index is 8.94. The Bertz CT molecular complexity index is 799. The second-order valence-corrected chi connectivity index (χ2v) is 5.18. The molecule has 0 atom stereocenters. The van der Waals surface area contributed by atoms with Crippen LogP contribution in [0.2, 0.25) is 0 Å². The Morgan fingerprint density at radius 2 is 1.95 bits per heavy atom. The Morgan fingerprint density at radius 1 is 1.10 bits per heavy atom. The molecule has 0 radical (unpaired) electrons. The first-order valence-corrected chi connectivity index (χ1v) is 6.97. The molecule has 1 aromatic heterocycles. The third-order valence-corrected chi connectivity index (χ3v) is 3.86. The van der Waals surface area contributed by atoms with Gasteiger partial charge in [-0.3, -0.25) is 0 Å². The van der Waals surface area contributed by atoms with Crippen molar-refractivity contribution >= 4 is 17.0 Å². The first-order valence-electron chi connectivity index (χ1n) is 6.09. The van der Waals surface area contributed by atoms with E-state index in [4.69, 9.17) is 11.0 Å². The molecule has 20 heavy (non-hydrogen) atoms. The second kappa shape index (κ2) is 5.16. The highest BCUT2D eigenvalue weighted by atomic mass is 32.1. The summed E-state index contributed by atoms with van der Waals surface area (Å²) in [5, 5.41) is 11.8. The minimum atomic E-state index is 0.635. The average molecular weight is 277 g/mol. The minimum Gasteiger partial charge on any atom is -0.398 e. The largest absolute Gasteiger partial charge is 0.398 e. The monoisotopic (exact) mass is 277 g/mol. The van der Waals surface area contributed by atoms with Gasteiger partial charge in [0.05, 0.1) is 17.3 Å². The molecule has 3 aromatic rings. The standard InChI is InChI=1S/C16H11N3S/c17-9-11-4-3-5-12(8-11)15-10-20-16(19-15)13-6-1-2-7-14(13)18/h1-8,10H,18H2. The van der Waals surface area contributed by atoms with E-state index in [0.717, 1.165) is 27.5 Å². The van der Waals surface area contributed by atoms with Crippen LogP contribution in [0, 0.1) is 11.3 Å². The predicted molar refractivity (Wildman–Crippen MR) is 82.1 cm³/mol. The lowest BCUT2D eigenvalue weighted by Gasteiger charge is -2.00. The third kappa shape index (κ3) is 2.27. The Hall–Kier alpha value is -2.64. The molecule has 0 saturated heterocycles. The molecule has 0 amide bonds. The van der Waals surface area contributed by atoms with E-state index in [2.05, 4.69) is 11.1 Å². The lowest BCUT2D eigenvalue weighted by molar-refractivity contribution is 1.39. The van der Waals surface area contributed by atoms with E-state index in [-0.39, 0.29) is 0 Å². The quantitative estimate of drug-likeness (QED) is 0.722. The van der Waals surface area contributed by atoms with Crippen LogP contribution in [0.4, 0.5) is 5.69 Å². The summed E-state index contributed by atoms with van der Waals surface area (Å²) in [5.74, 6) is 0. The van der Waals surface area contributed by atoms with E-state index >= 15 is 0 Å². The fourth-order valence-corrected chi connectivity index (χ4v) is 2.85. The molecule has 0 saturated carbocycles. The molecular weight excluding hydrogens is 266 g/mol. The van der Waals surface area contributed by atoms with E-state index < -0.39 is 0 Å². The molecule has 0 aliphatic carbocycles. The van der Waals surface area contributed by atoms with Crippen LogP contribution in [0.15, 0.2) is 53.9 Å². The van der Waals surface area contributed by atoms with Crippen LogP contribution in [-0.4, -0.2) is 4.98 Å². The Kier molecular flexibility index (Phi) is 3.20. The summed E-state index contributed by atoms with van der Waals surface area (Å²) in [5.41, 5.74) is 10.1. The zero-order valence-electron chi connectivity index (χ0n) is 10.6. The fourth-order valence-electron chi connectivity index (χ4n) is 1.97. The molecule has 0 fully saturated rings. The smallest absolute Gasteiger partial charge is 0.126 e. The number of para-hydroxylation sites is 1. The molecule has 1 heterocycles. The molecule has 96 valence electrons. The summed E-state index contributed by atoms with van der Waals surface area (Å²) in [7, 11) is 0. The normalized spacial score (nSPS) is 10.2. The van der Waals surface area contributed by atoms with Crippen LogP contribution in [0.3, 0.4) is 0 Å². The summed E-state index contributed by atoms with van der Waals surface area (Å²) in [4.78, 5) is 4.62. The van der Waals surface area contributed by atoms with E-state index in [1.165, 1.54) is 0 Å². The molecule has 0 aliphatic rings. The van der Waals surface area contributed by atoms with Crippen LogP contribution in [0.5, 0.6) is 0 Å². The summed E-state index contributed by atoms with van der Waals surface area (Å²) < 4.78 is 0. The molecule has 0 spiro atoms. The van der Waals surface area contributed by atoms with Crippen molar-refractivity contribution in [2.24, 2.45) is 0 Å². The number of nitrogen functional groups attached to an aromatic ring is 1. The van der Waals surface area contributed by atoms with Gasteiger partial charge in [-0.25, -0.2) is 4.98 Å². The van der Waals surface area contributed by atoms with Crippen molar-refractivity contribution in [2.45, 2.75) is 0 Å². The van der Waals surface area contributed by atoms with Crippen molar-refractivity contribution in [1.29, 1.82) is 5.26 Å². The van der Waals surface area contributed by atoms with E-state index in [0.29, 0.717) is 5.56 Å². The lowest BCUT2D eigenvalue weighted by atomic mass is 10.1. The highest BCUT2D eigenvalue weighted by Gasteiger charge is 2.09. The molecule has 3 rings (SSSR count). The zero-order chi connectivity index (χ0) is 13.9. The first kappa shape index (κ1) is 12.4. The van der Waals surface area contributed by atoms with Gasteiger partial charge in [-0.05, 0) is 24.3 Å². The van der Waals surface area contributed by atoms with Gasteiger partial charge in [0, 0.05) is 22.2 Å². The summed E-state index contributed by atoms with van der Waals surface area (Å²) in [6.07, 6.45) is 0. The Morgan fingerprint density at radius 3 is 2.75 bits per heavy atom. The number of nitrogens with two attached hydrogens (primary N) is 1. The van der Waals surface area contributed by atoms with Gasteiger partial charge in [0.1, 0.15) is 5.01 Å². The summed E-state index contributed by atoms with van der Waals surface area (Å²) in [6, 6.07) is 17.3. The number of anilines is 1. The maximum Gasteiger partial charge on any atom is 0.126 e. The lowest BCUT2D eigenvalue weighted by Crippen LogP contribution is -1.88. The van der Waals surface area contributed by atoms with Crippen molar-refractivity contribution in [3.8, 4) is 27.9 Å². The molecular formula is C16H11N3S. The number of rotatable bonds is 2. The van der Waals surface area contributed by atoms with E-state index in [1.54, 1.807) is 17.4 Å². The van der Waals surface area contributed by atoms with Crippen molar-refractivity contribution in [3.05, 3.63) is 59.5 Å². The van der Waals surface area contributed by atoms with Gasteiger partial charge in [0.15, 0.2) is 0 Å². The molecule has 4 heteroatoms. The Labute approximate surface area is 121 Å². The summed E-state index contributed by atoms with van der Waals surface area (Å²) >= 11 is 1.55. The molecule has 0 bridgehead atoms. The van der Waals surface area contributed by atoms with Crippen LogP contribution in [-0.2, 0) is 0 Å².